The summed E-state index contributed by atoms with van der Waals surface area (Å²) in [5, 5.41) is 9.43. The lowest BCUT2D eigenvalue weighted by atomic mass is 10.1. The third-order valence-electron chi connectivity index (χ3n) is 4.94. The highest BCUT2D eigenvalue weighted by atomic mass is 32.2. The van der Waals surface area contributed by atoms with Gasteiger partial charge in [0.15, 0.2) is 0 Å². The lowest BCUT2D eigenvalue weighted by molar-refractivity contribution is -0.134. The van der Waals surface area contributed by atoms with Crippen LogP contribution in [-0.4, -0.2) is 71.8 Å². The van der Waals surface area contributed by atoms with Gasteiger partial charge in [0.05, 0.1) is 19.4 Å². The number of carbonyl (C=O) groups excluding carboxylic acids is 7. The number of amides is 7. The van der Waals surface area contributed by atoms with Crippen LogP contribution >= 0.6 is 11.8 Å². The number of nitrogens with one attached hydrogen (secondary N) is 4. The normalized spacial score (nSPS) is 21.0. The average Bonchev–Trinajstić information content (AvgIpc) is 2.79. The maximum atomic E-state index is 12.9. The van der Waals surface area contributed by atoms with Crippen molar-refractivity contribution in [1.29, 1.82) is 0 Å². The van der Waals surface area contributed by atoms with E-state index in [-0.39, 0.29) is 17.1 Å². The van der Waals surface area contributed by atoms with Crippen molar-refractivity contribution < 1.29 is 33.6 Å². The van der Waals surface area contributed by atoms with E-state index in [9.17, 15) is 33.6 Å². The highest BCUT2D eigenvalue weighted by molar-refractivity contribution is 7.98. The first-order valence-electron chi connectivity index (χ1n) is 10.7. The van der Waals surface area contributed by atoms with E-state index in [2.05, 4.69) is 21.3 Å². The lowest BCUT2D eigenvalue weighted by Crippen LogP contribution is -2.58. The van der Waals surface area contributed by atoms with Gasteiger partial charge >= 0.3 is 0 Å². The summed E-state index contributed by atoms with van der Waals surface area (Å²) < 4.78 is 0. The van der Waals surface area contributed by atoms with Crippen LogP contribution in [0.1, 0.15) is 28.8 Å². The fourth-order valence-electron chi connectivity index (χ4n) is 3.24. The van der Waals surface area contributed by atoms with Crippen molar-refractivity contribution in [1.82, 2.24) is 21.3 Å². The molecular weight excluding hydrogens is 494 g/mol. The Kier molecular flexibility index (Phi) is 10.2. The molecule has 1 aromatic rings. The second-order valence-corrected chi connectivity index (χ2v) is 8.88. The van der Waals surface area contributed by atoms with Gasteiger partial charge in [-0.2, -0.15) is 11.8 Å². The maximum Gasteiger partial charge on any atom is 0.252 e. The molecule has 10 N–H and O–H groups in total. The number of fused-ring (bicyclic) bond motifs is 1. The third kappa shape index (κ3) is 8.57. The quantitative estimate of drug-likeness (QED) is 0.188. The average molecular weight is 522 g/mol. The van der Waals surface area contributed by atoms with Crippen LogP contribution in [0.3, 0.4) is 0 Å². The minimum Gasteiger partial charge on any atom is -0.370 e. The van der Waals surface area contributed by atoms with Gasteiger partial charge in [-0.1, -0.05) is 18.2 Å². The van der Waals surface area contributed by atoms with Gasteiger partial charge in [0.2, 0.25) is 35.4 Å². The number of hydrogen-bond acceptors (Lipinski definition) is 8. The van der Waals surface area contributed by atoms with E-state index < -0.39 is 78.9 Å². The van der Waals surface area contributed by atoms with E-state index >= 15 is 0 Å². The van der Waals surface area contributed by atoms with Crippen molar-refractivity contribution in [2.45, 2.75) is 36.7 Å². The summed E-state index contributed by atoms with van der Waals surface area (Å²) in [5.41, 5.74) is 16.3. The molecule has 1 aromatic carbocycles. The van der Waals surface area contributed by atoms with E-state index in [1.807, 2.05) is 0 Å². The number of rotatable bonds is 7. The zero-order chi connectivity index (χ0) is 26.8. The zero-order valence-corrected chi connectivity index (χ0v) is 19.9. The summed E-state index contributed by atoms with van der Waals surface area (Å²) >= 11 is 1.20. The fraction of sp³-hybridized carbons (Fsp3) is 0.381. The standard InChI is InChI=1S/C21H27N7O7S/c22-15(29)5-12-20(34)27-13(6-16(23)30)21(35)28-14(19(33)25-7-17(24)31)9-36-8-10-3-1-2-4-11(10)18(32)26-12/h1-4,12-14H,5-9H2,(H2,22,29)(H2,23,30)(H2,24,31)(H,25,33)(H,26,32)(H,27,34)(H,28,35)/t12?,13-,14-/m0/s1. The molecule has 2 rings (SSSR count). The minimum absolute atomic E-state index is 0.00776. The van der Waals surface area contributed by atoms with Crippen molar-refractivity contribution in [3.63, 3.8) is 0 Å². The van der Waals surface area contributed by atoms with Gasteiger partial charge in [-0.25, -0.2) is 0 Å². The number of hydrogen-bond donors (Lipinski definition) is 7. The van der Waals surface area contributed by atoms with Crippen LogP contribution in [0.2, 0.25) is 0 Å². The molecule has 0 aromatic heterocycles. The van der Waals surface area contributed by atoms with Gasteiger partial charge in [-0.3, -0.25) is 33.6 Å². The number of primary amides is 3. The number of carbonyl (C=O) groups is 7. The SMILES string of the molecule is NC(=O)CNC(=O)[C@@H]1CSCc2ccccc2C(=O)NC(CC(N)=O)C(=O)N[C@@H](CC(N)=O)C(=O)N1. The Hall–Kier alpha value is -4.14. The fourth-order valence-corrected chi connectivity index (χ4v) is 4.30. The molecule has 1 aliphatic heterocycles. The Balaban J connectivity index is 2.44. The van der Waals surface area contributed by atoms with Gasteiger partial charge in [-0.15, -0.1) is 0 Å². The maximum absolute atomic E-state index is 12.9. The summed E-state index contributed by atoms with van der Waals surface area (Å²) in [6.07, 6.45) is -1.22. The van der Waals surface area contributed by atoms with Gasteiger partial charge in [0, 0.05) is 17.1 Å². The van der Waals surface area contributed by atoms with Crippen molar-refractivity contribution in [3.05, 3.63) is 35.4 Å². The molecule has 194 valence electrons. The van der Waals surface area contributed by atoms with Crippen molar-refractivity contribution in [2.75, 3.05) is 12.3 Å². The number of benzene rings is 1. The molecule has 1 unspecified atom stereocenters. The van der Waals surface area contributed by atoms with E-state index in [1.54, 1.807) is 18.2 Å². The molecule has 15 heteroatoms. The number of nitrogens with two attached hydrogens (primary N) is 3. The molecular formula is C21H27N7O7S. The zero-order valence-electron chi connectivity index (χ0n) is 19.1. The molecule has 0 fully saturated rings. The Morgan fingerprint density at radius 2 is 1.44 bits per heavy atom. The van der Waals surface area contributed by atoms with E-state index in [0.717, 1.165) is 0 Å². The second-order valence-electron chi connectivity index (χ2n) is 7.85. The molecule has 36 heavy (non-hydrogen) atoms. The van der Waals surface area contributed by atoms with Crippen molar-refractivity contribution in [2.24, 2.45) is 17.2 Å². The van der Waals surface area contributed by atoms with Crippen LogP contribution in [0.15, 0.2) is 24.3 Å². The van der Waals surface area contributed by atoms with Crippen molar-refractivity contribution in [3.8, 4) is 0 Å². The smallest absolute Gasteiger partial charge is 0.252 e. The van der Waals surface area contributed by atoms with Gasteiger partial charge in [0.1, 0.15) is 18.1 Å². The molecule has 0 bridgehead atoms. The molecule has 0 spiro atoms. The highest BCUT2D eigenvalue weighted by Gasteiger charge is 2.32. The second kappa shape index (κ2) is 13.1. The van der Waals surface area contributed by atoms with E-state index in [4.69, 9.17) is 17.2 Å². The summed E-state index contributed by atoms with van der Waals surface area (Å²) in [6, 6.07) is 2.30. The minimum atomic E-state index is -1.53. The summed E-state index contributed by atoms with van der Waals surface area (Å²) in [4.78, 5) is 85.5. The van der Waals surface area contributed by atoms with Gasteiger partial charge in [0.25, 0.3) is 5.91 Å². The predicted molar refractivity (Wildman–Crippen MR) is 128 cm³/mol. The van der Waals surface area contributed by atoms with Crippen molar-refractivity contribution >= 4 is 53.1 Å². The van der Waals surface area contributed by atoms with Crippen LogP contribution < -0.4 is 38.5 Å². The number of thioether (sulfide) groups is 1. The lowest BCUT2D eigenvalue weighted by Gasteiger charge is -2.25. The molecule has 0 saturated carbocycles. The predicted octanol–water partition coefficient (Wildman–Crippen LogP) is -3.65. The largest absolute Gasteiger partial charge is 0.370 e. The molecule has 1 aliphatic rings. The van der Waals surface area contributed by atoms with E-state index in [1.165, 1.54) is 17.8 Å². The monoisotopic (exact) mass is 521 g/mol. The van der Waals surface area contributed by atoms with Crippen LogP contribution in [0, 0.1) is 0 Å². The van der Waals surface area contributed by atoms with Crippen LogP contribution in [0.4, 0.5) is 0 Å². The topological polar surface area (TPSA) is 246 Å². The Morgan fingerprint density at radius 1 is 0.861 bits per heavy atom. The third-order valence-corrected chi connectivity index (χ3v) is 6.02. The first-order chi connectivity index (χ1) is 17.0. The molecule has 0 saturated heterocycles. The Labute approximate surface area is 209 Å². The first-order valence-corrected chi connectivity index (χ1v) is 11.8. The molecule has 3 atom stereocenters. The summed E-state index contributed by atoms with van der Waals surface area (Å²) in [6.45, 7) is -0.477. The van der Waals surface area contributed by atoms with Crippen LogP contribution in [0.5, 0.6) is 0 Å². The Bertz CT molecular complexity index is 1060. The summed E-state index contributed by atoms with van der Waals surface area (Å²) in [7, 11) is 0. The first kappa shape index (κ1) is 28.1. The van der Waals surface area contributed by atoms with Crippen LogP contribution in [0.25, 0.3) is 0 Å². The van der Waals surface area contributed by atoms with Crippen LogP contribution in [-0.2, 0) is 34.5 Å². The van der Waals surface area contributed by atoms with Gasteiger partial charge in [-0.05, 0) is 11.6 Å². The molecule has 0 aliphatic carbocycles. The highest BCUT2D eigenvalue weighted by Crippen LogP contribution is 2.18. The molecule has 7 amide bonds. The molecule has 1 heterocycles. The van der Waals surface area contributed by atoms with E-state index in [0.29, 0.717) is 5.56 Å². The van der Waals surface area contributed by atoms with Gasteiger partial charge < -0.3 is 38.5 Å². The Morgan fingerprint density at radius 3 is 2.06 bits per heavy atom. The molecule has 14 nitrogen and oxygen atoms in total. The molecule has 0 radical (unpaired) electrons. The summed E-state index contributed by atoms with van der Waals surface area (Å²) in [5.74, 6) is -5.70.